The van der Waals surface area contributed by atoms with Gasteiger partial charge in [0.05, 0.1) is 0 Å². The molecule has 0 unspecified atom stereocenters. The highest BCUT2D eigenvalue weighted by Crippen LogP contribution is 2.28. The summed E-state index contributed by atoms with van der Waals surface area (Å²) in [5.41, 5.74) is 1.98. The van der Waals surface area contributed by atoms with Crippen LogP contribution < -0.4 is 5.32 Å². The highest BCUT2D eigenvalue weighted by Gasteiger charge is 2.25. The van der Waals surface area contributed by atoms with Crippen molar-refractivity contribution in [2.75, 3.05) is 5.32 Å². The van der Waals surface area contributed by atoms with E-state index in [0.717, 1.165) is 15.7 Å². The summed E-state index contributed by atoms with van der Waals surface area (Å²) < 4.78 is 0.963. The standard InChI is InChI=1S/C9H8BrNO2/c10-6-2-1-5-3-8(9(12)13)11-7(5)4-6/h1-2,4,8,11H,3H2,(H,12,13)/t8-/m0/s1. The van der Waals surface area contributed by atoms with E-state index >= 15 is 0 Å². The largest absolute Gasteiger partial charge is 0.480 e. The van der Waals surface area contributed by atoms with E-state index in [9.17, 15) is 4.79 Å². The van der Waals surface area contributed by atoms with E-state index in [2.05, 4.69) is 21.2 Å². The molecule has 1 aromatic rings. The van der Waals surface area contributed by atoms with Gasteiger partial charge in [0.15, 0.2) is 0 Å². The molecule has 0 spiro atoms. The van der Waals surface area contributed by atoms with Crippen molar-refractivity contribution in [2.45, 2.75) is 12.5 Å². The lowest BCUT2D eigenvalue weighted by atomic mass is 10.1. The van der Waals surface area contributed by atoms with Crippen molar-refractivity contribution in [1.29, 1.82) is 0 Å². The van der Waals surface area contributed by atoms with E-state index in [1.807, 2.05) is 18.2 Å². The lowest BCUT2D eigenvalue weighted by Crippen LogP contribution is -2.26. The van der Waals surface area contributed by atoms with Crippen molar-refractivity contribution in [3.05, 3.63) is 28.2 Å². The van der Waals surface area contributed by atoms with E-state index in [0.29, 0.717) is 6.42 Å². The van der Waals surface area contributed by atoms with Gasteiger partial charge in [0.2, 0.25) is 0 Å². The molecule has 0 aromatic heterocycles. The van der Waals surface area contributed by atoms with Crippen molar-refractivity contribution < 1.29 is 9.90 Å². The van der Waals surface area contributed by atoms with Gasteiger partial charge in [-0.2, -0.15) is 0 Å². The van der Waals surface area contributed by atoms with Crippen LogP contribution in [-0.4, -0.2) is 17.1 Å². The van der Waals surface area contributed by atoms with Crippen LogP contribution in [0.2, 0.25) is 0 Å². The number of hydrogen-bond acceptors (Lipinski definition) is 2. The summed E-state index contributed by atoms with van der Waals surface area (Å²) in [5, 5.41) is 11.7. The van der Waals surface area contributed by atoms with Crippen molar-refractivity contribution in [1.82, 2.24) is 0 Å². The number of carboxylic acids is 1. The molecular weight excluding hydrogens is 234 g/mol. The Kier molecular flexibility index (Phi) is 2.00. The second-order valence-corrected chi connectivity index (χ2v) is 3.96. The second kappa shape index (κ2) is 3.03. The molecular formula is C9H8BrNO2. The molecule has 0 bridgehead atoms. The van der Waals surface area contributed by atoms with E-state index < -0.39 is 12.0 Å². The van der Waals surface area contributed by atoms with Crippen molar-refractivity contribution in [3.8, 4) is 0 Å². The molecule has 0 radical (unpaired) electrons. The molecule has 1 atom stereocenters. The van der Waals surface area contributed by atoms with Gasteiger partial charge in [0, 0.05) is 16.6 Å². The Bertz CT molecular complexity index is 365. The number of rotatable bonds is 1. The van der Waals surface area contributed by atoms with Crippen LogP contribution in [0.15, 0.2) is 22.7 Å². The smallest absolute Gasteiger partial charge is 0.326 e. The Hall–Kier alpha value is -1.03. The summed E-state index contributed by atoms with van der Waals surface area (Å²) in [5.74, 6) is -0.799. The number of carboxylic acid groups (broad SMARTS) is 1. The summed E-state index contributed by atoms with van der Waals surface area (Å²) >= 11 is 3.33. The van der Waals surface area contributed by atoms with Gasteiger partial charge in [-0.1, -0.05) is 22.0 Å². The minimum Gasteiger partial charge on any atom is -0.480 e. The Morgan fingerprint density at radius 1 is 1.62 bits per heavy atom. The van der Waals surface area contributed by atoms with Gasteiger partial charge in [-0.3, -0.25) is 0 Å². The molecule has 68 valence electrons. The first-order valence-electron chi connectivity index (χ1n) is 3.94. The van der Waals surface area contributed by atoms with Gasteiger partial charge in [-0.25, -0.2) is 4.79 Å². The quantitative estimate of drug-likeness (QED) is 0.790. The second-order valence-electron chi connectivity index (χ2n) is 3.04. The highest BCUT2D eigenvalue weighted by atomic mass is 79.9. The molecule has 1 aliphatic heterocycles. The van der Waals surface area contributed by atoms with E-state index in [1.165, 1.54) is 0 Å². The van der Waals surface area contributed by atoms with Crippen LogP contribution in [0, 0.1) is 0 Å². The van der Waals surface area contributed by atoms with Gasteiger partial charge in [-0.05, 0) is 17.7 Å². The number of fused-ring (bicyclic) bond motifs is 1. The molecule has 4 heteroatoms. The molecule has 13 heavy (non-hydrogen) atoms. The van der Waals surface area contributed by atoms with Gasteiger partial charge >= 0.3 is 5.97 Å². The number of hydrogen-bond donors (Lipinski definition) is 2. The van der Waals surface area contributed by atoms with Crippen LogP contribution in [0.25, 0.3) is 0 Å². The molecule has 0 amide bonds. The number of carbonyl (C=O) groups is 1. The molecule has 1 aromatic carbocycles. The molecule has 1 aliphatic rings. The Morgan fingerprint density at radius 3 is 3.08 bits per heavy atom. The van der Waals surface area contributed by atoms with Crippen LogP contribution in [0.1, 0.15) is 5.56 Å². The zero-order valence-corrected chi connectivity index (χ0v) is 8.34. The summed E-state index contributed by atoms with van der Waals surface area (Å²) in [6.07, 6.45) is 0.567. The van der Waals surface area contributed by atoms with Crippen LogP contribution in [-0.2, 0) is 11.2 Å². The van der Waals surface area contributed by atoms with Crippen LogP contribution in [0.5, 0.6) is 0 Å². The average Bonchev–Trinajstić information content (AvgIpc) is 2.46. The van der Waals surface area contributed by atoms with Gasteiger partial charge < -0.3 is 10.4 Å². The molecule has 0 aliphatic carbocycles. The first kappa shape index (κ1) is 8.56. The maximum atomic E-state index is 10.7. The zero-order valence-electron chi connectivity index (χ0n) is 6.75. The molecule has 2 N–H and O–H groups in total. The lowest BCUT2D eigenvalue weighted by molar-refractivity contribution is -0.137. The molecule has 3 nitrogen and oxygen atoms in total. The molecule has 2 rings (SSSR count). The van der Waals surface area contributed by atoms with Crippen molar-refractivity contribution >= 4 is 27.6 Å². The SMILES string of the molecule is O=C(O)[C@@H]1Cc2ccc(Br)cc2N1. The number of aliphatic carboxylic acids is 1. The highest BCUT2D eigenvalue weighted by molar-refractivity contribution is 9.10. The number of halogens is 1. The van der Waals surface area contributed by atoms with E-state index in [-0.39, 0.29) is 0 Å². The van der Waals surface area contributed by atoms with Crippen LogP contribution >= 0.6 is 15.9 Å². The predicted octanol–water partition coefficient (Wildman–Crippen LogP) is 1.87. The number of nitrogens with one attached hydrogen (secondary N) is 1. The zero-order chi connectivity index (χ0) is 9.42. The normalized spacial score (nSPS) is 19.3. The number of benzene rings is 1. The predicted molar refractivity (Wildman–Crippen MR) is 52.9 cm³/mol. The third kappa shape index (κ3) is 1.54. The maximum absolute atomic E-state index is 10.7. The third-order valence-electron chi connectivity index (χ3n) is 2.12. The fraction of sp³-hybridized carbons (Fsp3) is 0.222. The van der Waals surface area contributed by atoms with Gasteiger partial charge in [-0.15, -0.1) is 0 Å². The summed E-state index contributed by atoms with van der Waals surface area (Å²) in [6.45, 7) is 0. The molecule has 0 saturated heterocycles. The van der Waals surface area contributed by atoms with Crippen molar-refractivity contribution in [2.24, 2.45) is 0 Å². The third-order valence-corrected chi connectivity index (χ3v) is 2.62. The topological polar surface area (TPSA) is 49.3 Å². The fourth-order valence-corrected chi connectivity index (χ4v) is 1.83. The minimum absolute atomic E-state index is 0.468. The van der Waals surface area contributed by atoms with Gasteiger partial charge in [0.1, 0.15) is 6.04 Å². The van der Waals surface area contributed by atoms with E-state index in [1.54, 1.807) is 0 Å². The van der Waals surface area contributed by atoms with Crippen LogP contribution in [0.3, 0.4) is 0 Å². The minimum atomic E-state index is -0.799. The lowest BCUT2D eigenvalue weighted by Gasteiger charge is -2.03. The number of anilines is 1. The van der Waals surface area contributed by atoms with Crippen molar-refractivity contribution in [3.63, 3.8) is 0 Å². The maximum Gasteiger partial charge on any atom is 0.326 e. The van der Waals surface area contributed by atoms with Crippen LogP contribution in [0.4, 0.5) is 5.69 Å². The first-order valence-corrected chi connectivity index (χ1v) is 4.74. The first-order chi connectivity index (χ1) is 6.16. The van der Waals surface area contributed by atoms with E-state index in [4.69, 9.17) is 5.11 Å². The summed E-state index contributed by atoms with van der Waals surface area (Å²) in [7, 11) is 0. The molecule has 1 heterocycles. The monoisotopic (exact) mass is 241 g/mol. The Morgan fingerprint density at radius 2 is 2.38 bits per heavy atom. The fourth-order valence-electron chi connectivity index (χ4n) is 1.47. The van der Waals surface area contributed by atoms with Gasteiger partial charge in [0.25, 0.3) is 0 Å². The Balaban J connectivity index is 2.30. The Labute approximate surface area is 83.9 Å². The molecule has 0 fully saturated rings. The summed E-state index contributed by atoms with van der Waals surface area (Å²) in [4.78, 5) is 10.7. The average molecular weight is 242 g/mol. The molecule has 0 saturated carbocycles. The summed E-state index contributed by atoms with van der Waals surface area (Å²) in [6, 6.07) is 5.29.